The van der Waals surface area contributed by atoms with Crippen LogP contribution in [0.2, 0.25) is 0 Å². The van der Waals surface area contributed by atoms with Crippen LogP contribution in [0.3, 0.4) is 0 Å². The van der Waals surface area contributed by atoms with Crippen LogP contribution in [0.4, 0.5) is 0 Å². The maximum atomic E-state index is 11.7. The molecular weight excluding hydrogens is 232 g/mol. The first-order valence-electron chi connectivity index (χ1n) is 6.24. The summed E-state index contributed by atoms with van der Waals surface area (Å²) in [6.45, 7) is 6.71. The predicted octanol–water partition coefficient (Wildman–Crippen LogP) is 2.96. The molecule has 0 radical (unpaired) electrons. The van der Waals surface area contributed by atoms with Crippen LogP contribution >= 0.6 is 11.8 Å². The summed E-state index contributed by atoms with van der Waals surface area (Å²) in [5, 5.41) is 4.58. The Kier molecular flexibility index (Phi) is 5.75. The standard InChI is InChI=1S/C13H22N2OS/c1-5-11-13(10(3)16)12(6-2)15(14-11)8-7-9-17-4/h5-9H2,1-4H3. The van der Waals surface area contributed by atoms with Crippen LogP contribution in [-0.2, 0) is 19.4 Å². The van der Waals surface area contributed by atoms with E-state index in [4.69, 9.17) is 0 Å². The molecule has 0 saturated heterocycles. The molecule has 0 unspecified atom stereocenters. The molecular formula is C13H22N2OS. The van der Waals surface area contributed by atoms with E-state index >= 15 is 0 Å². The number of aromatic nitrogens is 2. The normalized spacial score (nSPS) is 10.8. The Balaban J connectivity index is 3.00. The Labute approximate surface area is 108 Å². The Morgan fingerprint density at radius 3 is 2.53 bits per heavy atom. The van der Waals surface area contributed by atoms with Gasteiger partial charge in [-0.2, -0.15) is 16.9 Å². The van der Waals surface area contributed by atoms with Gasteiger partial charge >= 0.3 is 0 Å². The second kappa shape index (κ2) is 6.84. The zero-order valence-corrected chi connectivity index (χ0v) is 12.1. The van der Waals surface area contributed by atoms with E-state index in [-0.39, 0.29) is 5.78 Å². The number of Topliss-reactive ketones (excluding diaryl/α,β-unsaturated/α-hetero) is 1. The van der Waals surface area contributed by atoms with Gasteiger partial charge in [0, 0.05) is 12.2 Å². The van der Waals surface area contributed by atoms with Crippen molar-refractivity contribution in [1.29, 1.82) is 0 Å². The van der Waals surface area contributed by atoms with Gasteiger partial charge in [0.1, 0.15) is 0 Å². The topological polar surface area (TPSA) is 34.9 Å². The average molecular weight is 254 g/mol. The van der Waals surface area contributed by atoms with Crippen molar-refractivity contribution >= 4 is 17.5 Å². The monoisotopic (exact) mass is 254 g/mol. The zero-order chi connectivity index (χ0) is 12.8. The van der Waals surface area contributed by atoms with Crippen molar-refractivity contribution in [2.75, 3.05) is 12.0 Å². The van der Waals surface area contributed by atoms with Crippen LogP contribution in [0.5, 0.6) is 0 Å². The summed E-state index contributed by atoms with van der Waals surface area (Å²) in [6, 6.07) is 0. The zero-order valence-electron chi connectivity index (χ0n) is 11.2. The van der Waals surface area contributed by atoms with Gasteiger partial charge < -0.3 is 0 Å². The number of ketones is 1. The van der Waals surface area contributed by atoms with E-state index in [0.29, 0.717) is 0 Å². The third-order valence-corrected chi connectivity index (χ3v) is 3.57. The lowest BCUT2D eigenvalue weighted by Gasteiger charge is -2.06. The van der Waals surface area contributed by atoms with Gasteiger partial charge in [0.2, 0.25) is 0 Å². The van der Waals surface area contributed by atoms with Crippen LogP contribution in [0.25, 0.3) is 0 Å². The van der Waals surface area contributed by atoms with Crippen LogP contribution in [0, 0.1) is 0 Å². The van der Waals surface area contributed by atoms with Gasteiger partial charge in [-0.3, -0.25) is 9.48 Å². The second-order valence-corrected chi connectivity index (χ2v) is 5.09. The van der Waals surface area contributed by atoms with Crippen LogP contribution in [0.1, 0.15) is 48.9 Å². The van der Waals surface area contributed by atoms with Gasteiger partial charge in [-0.05, 0) is 38.2 Å². The molecule has 0 aromatic carbocycles. The predicted molar refractivity (Wildman–Crippen MR) is 74.0 cm³/mol. The molecule has 3 nitrogen and oxygen atoms in total. The summed E-state index contributed by atoms with van der Waals surface area (Å²) in [5.74, 6) is 1.29. The Bertz CT molecular complexity index is 385. The largest absolute Gasteiger partial charge is 0.294 e. The number of nitrogens with zero attached hydrogens (tertiary/aromatic N) is 2. The second-order valence-electron chi connectivity index (χ2n) is 4.10. The van der Waals surface area contributed by atoms with E-state index in [0.717, 1.165) is 48.5 Å². The molecule has 0 fully saturated rings. The number of aryl methyl sites for hydroxylation is 2. The highest BCUT2D eigenvalue weighted by atomic mass is 32.2. The van der Waals surface area contributed by atoms with Gasteiger partial charge in [0.25, 0.3) is 0 Å². The summed E-state index contributed by atoms with van der Waals surface area (Å²) < 4.78 is 2.03. The molecule has 1 heterocycles. The Morgan fingerprint density at radius 2 is 2.06 bits per heavy atom. The molecule has 1 aromatic heterocycles. The van der Waals surface area contributed by atoms with Gasteiger partial charge in [0.15, 0.2) is 5.78 Å². The fourth-order valence-electron chi connectivity index (χ4n) is 2.11. The molecule has 0 atom stereocenters. The van der Waals surface area contributed by atoms with Crippen LogP contribution < -0.4 is 0 Å². The minimum atomic E-state index is 0.148. The van der Waals surface area contributed by atoms with E-state index < -0.39 is 0 Å². The molecule has 0 amide bonds. The lowest BCUT2D eigenvalue weighted by Crippen LogP contribution is -2.07. The van der Waals surface area contributed by atoms with Crippen molar-refractivity contribution in [3.8, 4) is 0 Å². The first-order chi connectivity index (χ1) is 8.15. The highest BCUT2D eigenvalue weighted by molar-refractivity contribution is 7.98. The minimum Gasteiger partial charge on any atom is -0.294 e. The molecule has 0 N–H and O–H groups in total. The maximum absolute atomic E-state index is 11.7. The van der Waals surface area contributed by atoms with Gasteiger partial charge in [0.05, 0.1) is 11.3 Å². The SMILES string of the molecule is CCc1nn(CCCSC)c(CC)c1C(C)=O. The van der Waals surface area contributed by atoms with Crippen molar-refractivity contribution in [3.05, 3.63) is 17.0 Å². The van der Waals surface area contributed by atoms with Gasteiger partial charge in [-0.25, -0.2) is 0 Å². The van der Waals surface area contributed by atoms with E-state index in [1.165, 1.54) is 0 Å². The quantitative estimate of drug-likeness (QED) is 0.554. The summed E-state index contributed by atoms with van der Waals surface area (Å²) in [5.41, 5.74) is 2.92. The highest BCUT2D eigenvalue weighted by Crippen LogP contribution is 2.17. The number of hydrogen-bond donors (Lipinski definition) is 0. The number of carbonyl (C=O) groups is 1. The summed E-state index contributed by atoms with van der Waals surface area (Å²) >= 11 is 1.85. The molecule has 1 aromatic rings. The van der Waals surface area contributed by atoms with Gasteiger partial charge in [-0.1, -0.05) is 13.8 Å². The van der Waals surface area contributed by atoms with Crippen molar-refractivity contribution < 1.29 is 4.79 Å². The van der Waals surface area contributed by atoms with E-state index in [1.54, 1.807) is 6.92 Å². The first-order valence-corrected chi connectivity index (χ1v) is 7.63. The molecule has 17 heavy (non-hydrogen) atoms. The number of hydrogen-bond acceptors (Lipinski definition) is 3. The van der Waals surface area contributed by atoms with Crippen LogP contribution in [0.15, 0.2) is 0 Å². The smallest absolute Gasteiger partial charge is 0.163 e. The molecule has 0 saturated carbocycles. The van der Waals surface area contributed by atoms with E-state index in [9.17, 15) is 4.79 Å². The van der Waals surface area contributed by atoms with E-state index in [1.807, 2.05) is 16.4 Å². The molecule has 4 heteroatoms. The third-order valence-electron chi connectivity index (χ3n) is 2.87. The number of thioether (sulfide) groups is 1. The third kappa shape index (κ3) is 3.35. The number of rotatable bonds is 7. The highest BCUT2D eigenvalue weighted by Gasteiger charge is 2.18. The van der Waals surface area contributed by atoms with Crippen molar-refractivity contribution in [2.45, 2.75) is 46.6 Å². The molecule has 0 aliphatic carbocycles. The van der Waals surface area contributed by atoms with Crippen molar-refractivity contribution in [3.63, 3.8) is 0 Å². The number of carbonyl (C=O) groups excluding carboxylic acids is 1. The molecule has 0 aliphatic heterocycles. The molecule has 96 valence electrons. The van der Waals surface area contributed by atoms with Crippen molar-refractivity contribution in [1.82, 2.24) is 9.78 Å². The maximum Gasteiger partial charge on any atom is 0.163 e. The first kappa shape index (κ1) is 14.3. The fraction of sp³-hybridized carbons (Fsp3) is 0.692. The molecule has 1 rings (SSSR count). The van der Waals surface area contributed by atoms with Crippen molar-refractivity contribution in [2.24, 2.45) is 0 Å². The van der Waals surface area contributed by atoms with E-state index in [2.05, 4.69) is 25.2 Å². The lowest BCUT2D eigenvalue weighted by molar-refractivity contribution is 0.101. The van der Waals surface area contributed by atoms with Gasteiger partial charge in [-0.15, -0.1) is 0 Å². The fourth-order valence-corrected chi connectivity index (χ4v) is 2.53. The summed E-state index contributed by atoms with van der Waals surface area (Å²) in [6.07, 6.45) is 4.93. The summed E-state index contributed by atoms with van der Waals surface area (Å²) in [7, 11) is 0. The minimum absolute atomic E-state index is 0.148. The molecule has 0 spiro atoms. The lowest BCUT2D eigenvalue weighted by atomic mass is 10.1. The average Bonchev–Trinajstić information content (AvgIpc) is 2.67. The van der Waals surface area contributed by atoms with Crippen LogP contribution in [-0.4, -0.2) is 27.6 Å². The molecule has 0 bridgehead atoms. The Morgan fingerprint density at radius 1 is 1.35 bits per heavy atom. The Hall–Kier alpha value is -0.770. The molecule has 0 aliphatic rings. The summed E-state index contributed by atoms with van der Waals surface area (Å²) in [4.78, 5) is 11.7.